The molecule has 2 heterocycles. The van der Waals surface area contributed by atoms with Gasteiger partial charge < -0.3 is 15.0 Å². The predicted octanol–water partition coefficient (Wildman–Crippen LogP) is 4.56. The summed E-state index contributed by atoms with van der Waals surface area (Å²) in [6.45, 7) is 3.46. The number of carbonyl (C=O) groups is 1. The largest absolute Gasteiger partial charge is 0.457 e. The van der Waals surface area contributed by atoms with E-state index in [0.717, 1.165) is 48.8 Å². The van der Waals surface area contributed by atoms with Gasteiger partial charge in [-0.05, 0) is 62.2 Å². The first-order valence-corrected chi connectivity index (χ1v) is 9.42. The van der Waals surface area contributed by atoms with Gasteiger partial charge >= 0.3 is 0 Å². The summed E-state index contributed by atoms with van der Waals surface area (Å²) in [5, 5.41) is 3.17. The minimum atomic E-state index is -0.0299. The number of amides is 1. The van der Waals surface area contributed by atoms with Crippen LogP contribution in [-0.4, -0.2) is 33.9 Å². The van der Waals surface area contributed by atoms with Crippen molar-refractivity contribution in [3.63, 3.8) is 0 Å². The van der Waals surface area contributed by atoms with Crippen LogP contribution in [0, 0.1) is 6.92 Å². The average molecular weight is 374 g/mol. The maximum atomic E-state index is 12.6. The Kier molecular flexibility index (Phi) is 5.19. The SMILES string of the molecule is Cc1cc(C(=O)N2CCCC2)nc(Nc2ccc(Oc3ccccc3)cc2)n1. The maximum absolute atomic E-state index is 12.6. The Bertz CT molecular complexity index is 952. The number of nitrogens with zero attached hydrogens (tertiary/aromatic N) is 3. The molecule has 0 aliphatic carbocycles. The van der Waals surface area contributed by atoms with Crippen LogP contribution in [-0.2, 0) is 0 Å². The van der Waals surface area contributed by atoms with Crippen LogP contribution in [0.25, 0.3) is 0 Å². The minimum absolute atomic E-state index is 0.0299. The van der Waals surface area contributed by atoms with E-state index < -0.39 is 0 Å². The monoisotopic (exact) mass is 374 g/mol. The Morgan fingerprint density at radius 3 is 2.36 bits per heavy atom. The van der Waals surface area contributed by atoms with E-state index in [0.29, 0.717) is 11.6 Å². The number of benzene rings is 2. The third-order valence-corrected chi connectivity index (χ3v) is 4.56. The Balaban J connectivity index is 1.47. The average Bonchev–Trinajstić information content (AvgIpc) is 3.24. The Morgan fingerprint density at radius 2 is 1.64 bits per heavy atom. The number of hydrogen-bond donors (Lipinski definition) is 1. The summed E-state index contributed by atoms with van der Waals surface area (Å²) >= 11 is 0. The van der Waals surface area contributed by atoms with Gasteiger partial charge in [-0.25, -0.2) is 9.97 Å². The van der Waals surface area contributed by atoms with E-state index in [1.54, 1.807) is 6.07 Å². The van der Waals surface area contributed by atoms with Gasteiger partial charge in [0.2, 0.25) is 5.95 Å². The fourth-order valence-corrected chi connectivity index (χ4v) is 3.18. The van der Waals surface area contributed by atoms with Crippen LogP contribution >= 0.6 is 0 Å². The smallest absolute Gasteiger partial charge is 0.272 e. The molecule has 0 radical (unpaired) electrons. The number of hydrogen-bond acceptors (Lipinski definition) is 5. The zero-order valence-electron chi connectivity index (χ0n) is 15.8. The molecule has 142 valence electrons. The van der Waals surface area contributed by atoms with Crippen LogP contribution in [0.5, 0.6) is 11.5 Å². The highest BCUT2D eigenvalue weighted by Gasteiger charge is 2.21. The van der Waals surface area contributed by atoms with Crippen LogP contribution in [0.1, 0.15) is 29.0 Å². The van der Waals surface area contributed by atoms with E-state index in [1.807, 2.05) is 66.4 Å². The fourth-order valence-electron chi connectivity index (χ4n) is 3.18. The summed E-state index contributed by atoms with van der Waals surface area (Å²) in [4.78, 5) is 23.3. The van der Waals surface area contributed by atoms with Crippen molar-refractivity contribution in [3.8, 4) is 11.5 Å². The molecule has 28 heavy (non-hydrogen) atoms. The fraction of sp³-hybridized carbons (Fsp3) is 0.227. The van der Waals surface area contributed by atoms with Gasteiger partial charge in [0.05, 0.1) is 0 Å². The number of rotatable bonds is 5. The second-order valence-electron chi connectivity index (χ2n) is 6.78. The minimum Gasteiger partial charge on any atom is -0.457 e. The molecule has 6 heteroatoms. The highest BCUT2D eigenvalue weighted by Crippen LogP contribution is 2.24. The Morgan fingerprint density at radius 1 is 0.964 bits per heavy atom. The molecule has 1 amide bonds. The standard InChI is InChI=1S/C22H22N4O2/c1-16-15-20(21(27)26-13-5-6-14-26)25-22(23-16)24-17-9-11-19(12-10-17)28-18-7-3-2-4-8-18/h2-4,7-12,15H,5-6,13-14H2,1H3,(H,23,24,25). The zero-order valence-corrected chi connectivity index (χ0v) is 15.8. The summed E-state index contributed by atoms with van der Waals surface area (Å²) in [7, 11) is 0. The van der Waals surface area contributed by atoms with Gasteiger partial charge in [-0.3, -0.25) is 4.79 Å². The lowest BCUT2D eigenvalue weighted by Crippen LogP contribution is -2.28. The first-order valence-electron chi connectivity index (χ1n) is 9.42. The van der Waals surface area contributed by atoms with Crippen molar-refractivity contribution in [2.75, 3.05) is 18.4 Å². The molecule has 1 aliphatic heterocycles. The molecule has 1 aliphatic rings. The topological polar surface area (TPSA) is 67.4 Å². The Hall–Kier alpha value is -3.41. The van der Waals surface area contributed by atoms with E-state index in [9.17, 15) is 4.79 Å². The molecule has 6 nitrogen and oxygen atoms in total. The number of aryl methyl sites for hydroxylation is 1. The first-order chi connectivity index (χ1) is 13.7. The molecular formula is C22H22N4O2. The van der Waals surface area contributed by atoms with Crippen molar-refractivity contribution >= 4 is 17.5 Å². The van der Waals surface area contributed by atoms with Crippen LogP contribution in [0.15, 0.2) is 60.7 Å². The van der Waals surface area contributed by atoms with E-state index >= 15 is 0 Å². The molecule has 1 aromatic heterocycles. The summed E-state index contributed by atoms with van der Waals surface area (Å²) in [6, 6.07) is 18.9. The number of para-hydroxylation sites is 1. The second kappa shape index (κ2) is 8.08. The van der Waals surface area contributed by atoms with E-state index in [-0.39, 0.29) is 5.91 Å². The van der Waals surface area contributed by atoms with Crippen LogP contribution < -0.4 is 10.1 Å². The summed E-state index contributed by atoms with van der Waals surface area (Å²) in [5.74, 6) is 1.92. The van der Waals surface area contributed by atoms with Gasteiger partial charge in [-0.2, -0.15) is 0 Å². The molecule has 1 saturated heterocycles. The third-order valence-electron chi connectivity index (χ3n) is 4.56. The van der Waals surface area contributed by atoms with Crippen LogP contribution in [0.3, 0.4) is 0 Å². The molecule has 0 atom stereocenters. The predicted molar refractivity (Wildman–Crippen MR) is 108 cm³/mol. The molecule has 1 N–H and O–H groups in total. The van der Waals surface area contributed by atoms with Gasteiger partial charge in [0.1, 0.15) is 17.2 Å². The lowest BCUT2D eigenvalue weighted by Gasteiger charge is -2.15. The third kappa shape index (κ3) is 4.28. The highest BCUT2D eigenvalue weighted by molar-refractivity contribution is 5.92. The number of ether oxygens (including phenoxy) is 1. The molecule has 2 aromatic carbocycles. The molecule has 1 fully saturated rings. The maximum Gasteiger partial charge on any atom is 0.272 e. The second-order valence-corrected chi connectivity index (χ2v) is 6.78. The van der Waals surface area contributed by atoms with Gasteiger partial charge in [-0.15, -0.1) is 0 Å². The van der Waals surface area contributed by atoms with Crippen molar-refractivity contribution in [1.29, 1.82) is 0 Å². The molecule has 4 rings (SSSR count). The number of anilines is 2. The molecule has 0 bridgehead atoms. The quantitative estimate of drug-likeness (QED) is 0.709. The van der Waals surface area contributed by atoms with Crippen molar-refractivity contribution < 1.29 is 9.53 Å². The first kappa shape index (κ1) is 18.0. The van der Waals surface area contributed by atoms with Crippen molar-refractivity contribution in [2.45, 2.75) is 19.8 Å². The lowest BCUT2D eigenvalue weighted by atomic mass is 10.3. The van der Waals surface area contributed by atoms with E-state index in [1.165, 1.54) is 0 Å². The van der Waals surface area contributed by atoms with Crippen molar-refractivity contribution in [1.82, 2.24) is 14.9 Å². The molecule has 0 unspecified atom stereocenters. The summed E-state index contributed by atoms with van der Waals surface area (Å²) in [6.07, 6.45) is 2.11. The summed E-state index contributed by atoms with van der Waals surface area (Å²) < 4.78 is 5.80. The number of carbonyl (C=O) groups excluding carboxylic acids is 1. The van der Waals surface area contributed by atoms with Gasteiger partial charge in [0.25, 0.3) is 5.91 Å². The van der Waals surface area contributed by atoms with Gasteiger partial charge in [-0.1, -0.05) is 18.2 Å². The summed E-state index contributed by atoms with van der Waals surface area (Å²) in [5.41, 5.74) is 2.01. The number of likely N-dealkylation sites (tertiary alicyclic amines) is 1. The van der Waals surface area contributed by atoms with Crippen molar-refractivity contribution in [2.24, 2.45) is 0 Å². The number of nitrogens with one attached hydrogen (secondary N) is 1. The lowest BCUT2D eigenvalue weighted by molar-refractivity contribution is 0.0787. The van der Waals surface area contributed by atoms with Crippen LogP contribution in [0.4, 0.5) is 11.6 Å². The number of aromatic nitrogens is 2. The zero-order chi connectivity index (χ0) is 19.3. The van der Waals surface area contributed by atoms with Crippen molar-refractivity contribution in [3.05, 3.63) is 72.1 Å². The molecule has 0 spiro atoms. The Labute approximate surface area is 164 Å². The normalized spacial score (nSPS) is 13.4. The van der Waals surface area contributed by atoms with E-state index in [2.05, 4.69) is 15.3 Å². The molecule has 0 saturated carbocycles. The van der Waals surface area contributed by atoms with E-state index in [4.69, 9.17) is 4.74 Å². The highest BCUT2D eigenvalue weighted by atomic mass is 16.5. The van der Waals surface area contributed by atoms with Gasteiger partial charge in [0.15, 0.2) is 0 Å². The molecular weight excluding hydrogens is 352 g/mol. The van der Waals surface area contributed by atoms with Gasteiger partial charge in [0, 0.05) is 24.5 Å². The molecule has 3 aromatic rings. The van der Waals surface area contributed by atoms with Crippen LogP contribution in [0.2, 0.25) is 0 Å².